The molecule has 2 N–H and O–H groups in total. The van der Waals surface area contributed by atoms with Gasteiger partial charge < -0.3 is 5.11 Å². The van der Waals surface area contributed by atoms with Gasteiger partial charge in [-0.05, 0) is 35.3 Å². The number of sulfonamides is 1. The number of carboxylic acid groups (broad SMARTS) is 1. The van der Waals surface area contributed by atoms with E-state index in [0.717, 1.165) is 12.8 Å². The van der Waals surface area contributed by atoms with E-state index < -0.39 is 28.0 Å². The Morgan fingerprint density at radius 1 is 1.27 bits per heavy atom. The molecule has 0 saturated heterocycles. The van der Waals surface area contributed by atoms with Gasteiger partial charge in [0, 0.05) is 6.04 Å². The molecule has 3 rings (SSSR count). The van der Waals surface area contributed by atoms with Gasteiger partial charge in [-0.2, -0.15) is 0 Å². The maximum atomic E-state index is 12.6. The number of aromatic nitrogens is 2. The monoisotopic (exact) mass is 325 g/mol. The molecular weight excluding hydrogens is 310 g/mol. The number of nitrogens with zero attached hydrogens (tertiary/aromatic N) is 2. The van der Waals surface area contributed by atoms with Crippen molar-refractivity contribution in [2.24, 2.45) is 5.92 Å². The van der Waals surface area contributed by atoms with Crippen LogP contribution >= 0.6 is 0 Å². The van der Waals surface area contributed by atoms with Crippen LogP contribution in [0.2, 0.25) is 0 Å². The fraction of sp³-hybridized carbons (Fsp3) is 0.462. The molecule has 1 aromatic heterocycles. The van der Waals surface area contributed by atoms with Gasteiger partial charge in [0.05, 0.1) is 5.92 Å². The van der Waals surface area contributed by atoms with Crippen LogP contribution in [0.4, 0.5) is 0 Å². The molecule has 2 aromatic rings. The molecule has 118 valence electrons. The van der Waals surface area contributed by atoms with Crippen molar-refractivity contribution in [3.63, 3.8) is 0 Å². The first-order valence-electron chi connectivity index (χ1n) is 6.95. The van der Waals surface area contributed by atoms with E-state index in [1.807, 2.05) is 0 Å². The molecule has 8 nitrogen and oxygen atoms in total. The number of rotatable bonds is 4. The van der Waals surface area contributed by atoms with Crippen molar-refractivity contribution >= 4 is 27.0 Å². The summed E-state index contributed by atoms with van der Waals surface area (Å²) in [5.41, 5.74) is 0.471. The molecule has 1 saturated carbocycles. The van der Waals surface area contributed by atoms with Crippen molar-refractivity contribution in [3.8, 4) is 0 Å². The van der Waals surface area contributed by atoms with E-state index in [4.69, 9.17) is 0 Å². The second-order valence-electron chi connectivity index (χ2n) is 5.35. The lowest BCUT2D eigenvalue weighted by Gasteiger charge is -2.28. The molecule has 1 aliphatic carbocycles. The fourth-order valence-corrected chi connectivity index (χ4v) is 4.29. The number of hydrogen-bond donors (Lipinski definition) is 2. The van der Waals surface area contributed by atoms with E-state index in [1.165, 1.54) is 12.1 Å². The van der Waals surface area contributed by atoms with Crippen molar-refractivity contribution in [2.75, 3.05) is 0 Å². The predicted octanol–water partition coefficient (Wildman–Crippen LogP) is 1.14. The fourth-order valence-electron chi connectivity index (χ4n) is 2.83. The quantitative estimate of drug-likeness (QED) is 0.864. The van der Waals surface area contributed by atoms with Crippen molar-refractivity contribution < 1.29 is 22.9 Å². The Morgan fingerprint density at radius 3 is 2.82 bits per heavy atom. The molecule has 2 atom stereocenters. The van der Waals surface area contributed by atoms with Crippen molar-refractivity contribution in [1.82, 2.24) is 15.0 Å². The van der Waals surface area contributed by atoms with E-state index in [1.54, 1.807) is 6.07 Å². The Kier molecular flexibility index (Phi) is 3.83. The second-order valence-corrected chi connectivity index (χ2v) is 7.03. The second kappa shape index (κ2) is 5.65. The summed E-state index contributed by atoms with van der Waals surface area (Å²) in [6.45, 7) is 0. The minimum absolute atomic E-state index is 0.0547. The minimum atomic E-state index is -3.90. The summed E-state index contributed by atoms with van der Waals surface area (Å²) in [5, 5.41) is 16.5. The lowest BCUT2D eigenvalue weighted by Crippen LogP contribution is -2.45. The molecule has 1 aromatic carbocycles. The normalized spacial score (nSPS) is 22.7. The van der Waals surface area contributed by atoms with Gasteiger partial charge in [0.25, 0.3) is 0 Å². The summed E-state index contributed by atoms with van der Waals surface area (Å²) in [4.78, 5) is 11.2. The average Bonchev–Trinajstić information content (AvgIpc) is 2.95. The number of carboxylic acids is 1. The van der Waals surface area contributed by atoms with E-state index in [0.29, 0.717) is 18.4 Å². The van der Waals surface area contributed by atoms with E-state index >= 15 is 0 Å². The van der Waals surface area contributed by atoms with Crippen molar-refractivity contribution in [2.45, 2.75) is 36.6 Å². The number of fused-ring (bicyclic) bond motifs is 1. The van der Waals surface area contributed by atoms with Crippen LogP contribution in [0.1, 0.15) is 25.7 Å². The molecule has 22 heavy (non-hydrogen) atoms. The third-order valence-electron chi connectivity index (χ3n) is 3.93. The number of carbonyl (C=O) groups is 1. The molecule has 1 heterocycles. The number of aliphatic carboxylic acids is 1. The maximum absolute atomic E-state index is 12.6. The summed E-state index contributed by atoms with van der Waals surface area (Å²) in [7, 11) is -3.90. The van der Waals surface area contributed by atoms with Gasteiger partial charge >= 0.3 is 5.97 Å². The topological polar surface area (TPSA) is 122 Å². The van der Waals surface area contributed by atoms with E-state index in [9.17, 15) is 18.3 Å². The zero-order valence-corrected chi connectivity index (χ0v) is 12.4. The van der Waals surface area contributed by atoms with Gasteiger partial charge in [0.1, 0.15) is 10.4 Å². The highest BCUT2D eigenvalue weighted by molar-refractivity contribution is 7.89. The van der Waals surface area contributed by atoms with Crippen LogP contribution in [-0.2, 0) is 14.8 Å². The van der Waals surface area contributed by atoms with Gasteiger partial charge in [-0.25, -0.2) is 17.8 Å². The zero-order valence-electron chi connectivity index (χ0n) is 11.6. The van der Waals surface area contributed by atoms with Crippen LogP contribution in [0.3, 0.4) is 0 Å². The molecule has 0 spiro atoms. The zero-order chi connectivity index (χ0) is 15.7. The highest BCUT2D eigenvalue weighted by atomic mass is 32.2. The van der Waals surface area contributed by atoms with E-state index in [2.05, 4.69) is 19.7 Å². The molecule has 1 fully saturated rings. The summed E-state index contributed by atoms with van der Waals surface area (Å²) in [6.07, 6.45) is 2.56. The smallest absolute Gasteiger partial charge is 0.308 e. The summed E-state index contributed by atoms with van der Waals surface area (Å²) in [6, 6.07) is 3.90. The average molecular weight is 325 g/mol. The van der Waals surface area contributed by atoms with Crippen LogP contribution < -0.4 is 4.72 Å². The van der Waals surface area contributed by atoms with Gasteiger partial charge in [0.2, 0.25) is 10.0 Å². The highest BCUT2D eigenvalue weighted by Crippen LogP contribution is 2.27. The van der Waals surface area contributed by atoms with Gasteiger partial charge in [-0.15, -0.1) is 0 Å². The molecule has 0 radical (unpaired) electrons. The standard InChI is InChI=1S/C13H15N3O5S/c17-13(18)8-4-1-2-5-9(8)16-22(19,20)11-7-3-6-10-12(11)15-21-14-10/h3,6-9,16H,1-2,4-5H2,(H,17,18)/t8-,9-/m1/s1. The first kappa shape index (κ1) is 14.9. The van der Waals surface area contributed by atoms with Crippen molar-refractivity contribution in [3.05, 3.63) is 18.2 Å². The summed E-state index contributed by atoms with van der Waals surface area (Å²) in [5.74, 6) is -1.69. The molecule has 0 amide bonds. The molecule has 9 heteroatoms. The van der Waals surface area contributed by atoms with Crippen LogP contribution in [-0.4, -0.2) is 35.8 Å². The Labute approximate surface area is 126 Å². The lowest BCUT2D eigenvalue weighted by molar-refractivity contribution is -0.143. The minimum Gasteiger partial charge on any atom is -0.481 e. The number of benzene rings is 1. The SMILES string of the molecule is O=C(O)[C@@H]1CCCC[C@H]1NS(=O)(=O)c1cccc2nonc12. The molecule has 0 bridgehead atoms. The third-order valence-corrected chi connectivity index (χ3v) is 5.45. The Morgan fingerprint density at radius 2 is 2.05 bits per heavy atom. The van der Waals surface area contributed by atoms with Crippen LogP contribution in [0.25, 0.3) is 11.0 Å². The van der Waals surface area contributed by atoms with E-state index in [-0.39, 0.29) is 10.4 Å². The number of nitrogens with one attached hydrogen (secondary N) is 1. The van der Waals surface area contributed by atoms with Gasteiger partial charge in [0.15, 0.2) is 5.52 Å². The van der Waals surface area contributed by atoms with Crippen LogP contribution in [0.15, 0.2) is 27.7 Å². The number of hydrogen-bond acceptors (Lipinski definition) is 6. The molecule has 1 aliphatic rings. The van der Waals surface area contributed by atoms with Gasteiger partial charge in [-0.3, -0.25) is 4.79 Å². The predicted molar refractivity (Wildman–Crippen MR) is 75.5 cm³/mol. The Hall–Kier alpha value is -2.00. The van der Waals surface area contributed by atoms with Gasteiger partial charge in [-0.1, -0.05) is 18.9 Å². The molecule has 0 unspecified atom stereocenters. The highest BCUT2D eigenvalue weighted by Gasteiger charge is 2.34. The largest absolute Gasteiger partial charge is 0.481 e. The maximum Gasteiger partial charge on any atom is 0.308 e. The third kappa shape index (κ3) is 2.69. The van der Waals surface area contributed by atoms with Crippen LogP contribution in [0.5, 0.6) is 0 Å². The summed E-state index contributed by atoms with van der Waals surface area (Å²) >= 11 is 0. The summed E-state index contributed by atoms with van der Waals surface area (Å²) < 4.78 is 32.2. The Bertz CT molecular complexity index is 801. The van der Waals surface area contributed by atoms with Crippen molar-refractivity contribution in [1.29, 1.82) is 0 Å². The first-order chi connectivity index (χ1) is 10.5. The first-order valence-corrected chi connectivity index (χ1v) is 8.44. The lowest BCUT2D eigenvalue weighted by atomic mass is 9.85. The molecule has 0 aliphatic heterocycles. The van der Waals surface area contributed by atoms with Crippen LogP contribution in [0, 0.1) is 5.92 Å². The molecular formula is C13H15N3O5S. The Balaban J connectivity index is 1.93.